The highest BCUT2D eigenvalue weighted by atomic mass is 35.5. The van der Waals surface area contributed by atoms with Gasteiger partial charge in [0.2, 0.25) is 0 Å². The third-order valence-electron chi connectivity index (χ3n) is 3.37. The second kappa shape index (κ2) is 4.32. The molecule has 1 N–H and O–H groups in total. The SMILES string of the molecule is Clc1cnc2[nH]cc(-c3ccc4ccccc4n3)c2c1. The van der Waals surface area contributed by atoms with Gasteiger partial charge in [0.05, 0.1) is 16.2 Å². The van der Waals surface area contributed by atoms with Gasteiger partial charge >= 0.3 is 0 Å². The van der Waals surface area contributed by atoms with Gasteiger partial charge in [-0.05, 0) is 18.2 Å². The van der Waals surface area contributed by atoms with Gasteiger partial charge in [-0.3, -0.25) is 0 Å². The number of para-hydroxylation sites is 1. The molecule has 3 aromatic heterocycles. The van der Waals surface area contributed by atoms with Gasteiger partial charge in [0.1, 0.15) is 5.65 Å². The molecular weight excluding hydrogens is 270 g/mol. The predicted octanol–water partition coefficient (Wildman–Crippen LogP) is 4.43. The molecule has 4 heteroatoms. The number of halogens is 1. The van der Waals surface area contributed by atoms with Crippen LogP contribution in [0.1, 0.15) is 0 Å². The number of hydrogen-bond donors (Lipinski definition) is 1. The topological polar surface area (TPSA) is 41.6 Å². The van der Waals surface area contributed by atoms with E-state index in [1.54, 1.807) is 6.20 Å². The molecule has 0 radical (unpaired) electrons. The Hall–Kier alpha value is -2.39. The van der Waals surface area contributed by atoms with Crippen LogP contribution >= 0.6 is 11.6 Å². The fourth-order valence-corrected chi connectivity index (χ4v) is 2.56. The molecule has 3 heterocycles. The summed E-state index contributed by atoms with van der Waals surface area (Å²) in [7, 11) is 0. The fraction of sp³-hybridized carbons (Fsp3) is 0. The first-order chi connectivity index (χ1) is 9.81. The molecule has 0 spiro atoms. The van der Waals surface area contributed by atoms with Crippen molar-refractivity contribution >= 4 is 33.5 Å². The Morgan fingerprint density at radius 2 is 1.95 bits per heavy atom. The zero-order valence-corrected chi connectivity index (χ0v) is 11.2. The third kappa shape index (κ3) is 1.75. The molecular formula is C16H10ClN3. The zero-order valence-electron chi connectivity index (χ0n) is 10.5. The Bertz CT molecular complexity index is 927. The number of aromatic nitrogens is 3. The van der Waals surface area contributed by atoms with Gasteiger partial charge in [-0.2, -0.15) is 0 Å². The van der Waals surface area contributed by atoms with Gasteiger partial charge in [-0.15, -0.1) is 0 Å². The van der Waals surface area contributed by atoms with Crippen LogP contribution in [-0.4, -0.2) is 15.0 Å². The predicted molar refractivity (Wildman–Crippen MR) is 81.8 cm³/mol. The molecule has 0 unspecified atom stereocenters. The van der Waals surface area contributed by atoms with E-state index in [2.05, 4.69) is 22.1 Å². The number of aromatic amines is 1. The van der Waals surface area contributed by atoms with Crippen molar-refractivity contribution < 1.29 is 0 Å². The Labute approximate surface area is 120 Å². The average Bonchev–Trinajstić information content (AvgIpc) is 2.89. The van der Waals surface area contributed by atoms with Crippen LogP contribution < -0.4 is 0 Å². The second-order valence-electron chi connectivity index (χ2n) is 4.64. The van der Waals surface area contributed by atoms with Gasteiger partial charge in [0, 0.05) is 28.7 Å². The van der Waals surface area contributed by atoms with Crippen molar-refractivity contribution in [2.75, 3.05) is 0 Å². The summed E-state index contributed by atoms with van der Waals surface area (Å²) in [4.78, 5) is 12.1. The number of H-pyrrole nitrogens is 1. The first kappa shape index (κ1) is 11.4. The maximum absolute atomic E-state index is 6.03. The molecule has 4 aromatic rings. The summed E-state index contributed by atoms with van der Waals surface area (Å²) >= 11 is 6.03. The molecule has 1 aromatic carbocycles. The Morgan fingerprint density at radius 1 is 1.05 bits per heavy atom. The van der Waals surface area contributed by atoms with E-state index < -0.39 is 0 Å². The first-order valence-electron chi connectivity index (χ1n) is 6.30. The molecule has 0 amide bonds. The summed E-state index contributed by atoms with van der Waals surface area (Å²) in [6, 6.07) is 14.1. The van der Waals surface area contributed by atoms with E-state index in [-0.39, 0.29) is 0 Å². The lowest BCUT2D eigenvalue weighted by Crippen LogP contribution is -1.84. The highest BCUT2D eigenvalue weighted by Crippen LogP contribution is 2.29. The van der Waals surface area contributed by atoms with Crippen molar-refractivity contribution in [1.29, 1.82) is 0 Å². The van der Waals surface area contributed by atoms with Crippen LogP contribution in [0.5, 0.6) is 0 Å². The lowest BCUT2D eigenvalue weighted by molar-refractivity contribution is 1.32. The van der Waals surface area contributed by atoms with Gasteiger partial charge < -0.3 is 4.98 Å². The minimum absolute atomic E-state index is 0.624. The van der Waals surface area contributed by atoms with Crippen LogP contribution in [0.2, 0.25) is 5.02 Å². The van der Waals surface area contributed by atoms with E-state index in [0.717, 1.165) is 33.2 Å². The van der Waals surface area contributed by atoms with Crippen molar-refractivity contribution in [3.63, 3.8) is 0 Å². The molecule has 3 nitrogen and oxygen atoms in total. The van der Waals surface area contributed by atoms with Gasteiger partial charge in [0.15, 0.2) is 0 Å². The Morgan fingerprint density at radius 3 is 2.90 bits per heavy atom. The van der Waals surface area contributed by atoms with E-state index in [9.17, 15) is 0 Å². The number of nitrogens with zero attached hydrogens (tertiary/aromatic N) is 2. The van der Waals surface area contributed by atoms with Crippen LogP contribution in [0, 0.1) is 0 Å². The number of fused-ring (bicyclic) bond motifs is 2. The highest BCUT2D eigenvalue weighted by Gasteiger charge is 2.09. The lowest BCUT2D eigenvalue weighted by atomic mass is 10.1. The van der Waals surface area contributed by atoms with E-state index in [4.69, 9.17) is 16.6 Å². The van der Waals surface area contributed by atoms with Crippen molar-refractivity contribution in [3.8, 4) is 11.3 Å². The molecule has 0 atom stereocenters. The molecule has 0 bridgehead atoms. The van der Waals surface area contributed by atoms with Crippen molar-refractivity contribution in [1.82, 2.24) is 15.0 Å². The smallest absolute Gasteiger partial charge is 0.138 e. The monoisotopic (exact) mass is 279 g/mol. The van der Waals surface area contributed by atoms with E-state index in [0.29, 0.717) is 5.02 Å². The Balaban J connectivity index is 1.98. The molecule has 0 aliphatic carbocycles. The summed E-state index contributed by atoms with van der Waals surface area (Å²) in [6.07, 6.45) is 3.56. The molecule has 4 rings (SSSR count). The molecule has 0 fully saturated rings. The number of nitrogens with one attached hydrogen (secondary N) is 1. The normalized spacial score (nSPS) is 11.2. The van der Waals surface area contributed by atoms with Crippen LogP contribution in [0.15, 0.2) is 54.9 Å². The van der Waals surface area contributed by atoms with Crippen molar-refractivity contribution in [3.05, 3.63) is 59.9 Å². The summed E-state index contributed by atoms with van der Waals surface area (Å²) in [6.45, 7) is 0. The highest BCUT2D eigenvalue weighted by molar-refractivity contribution is 6.31. The second-order valence-corrected chi connectivity index (χ2v) is 5.08. The standard InChI is InChI=1S/C16H10ClN3/c17-11-7-12-13(9-19-16(12)18-8-11)15-6-5-10-3-1-2-4-14(10)20-15/h1-9H,(H,18,19). The van der Waals surface area contributed by atoms with Crippen LogP contribution in [0.25, 0.3) is 33.2 Å². The number of rotatable bonds is 1. The quantitative estimate of drug-likeness (QED) is 0.560. The molecule has 0 aliphatic rings. The Kier molecular flexibility index (Phi) is 2.47. The molecule has 20 heavy (non-hydrogen) atoms. The minimum Gasteiger partial charge on any atom is -0.345 e. The summed E-state index contributed by atoms with van der Waals surface area (Å²) in [5.41, 5.74) is 3.73. The van der Waals surface area contributed by atoms with Crippen LogP contribution in [0.4, 0.5) is 0 Å². The van der Waals surface area contributed by atoms with Crippen LogP contribution in [0.3, 0.4) is 0 Å². The number of hydrogen-bond acceptors (Lipinski definition) is 2. The van der Waals surface area contributed by atoms with Gasteiger partial charge in [-0.1, -0.05) is 35.9 Å². The maximum atomic E-state index is 6.03. The largest absolute Gasteiger partial charge is 0.345 e. The summed E-state index contributed by atoms with van der Waals surface area (Å²) in [5, 5.41) is 2.74. The first-order valence-corrected chi connectivity index (χ1v) is 6.68. The maximum Gasteiger partial charge on any atom is 0.138 e. The fourth-order valence-electron chi connectivity index (χ4n) is 2.41. The zero-order chi connectivity index (χ0) is 13.5. The number of benzene rings is 1. The van der Waals surface area contributed by atoms with E-state index in [1.807, 2.05) is 36.5 Å². The van der Waals surface area contributed by atoms with E-state index >= 15 is 0 Å². The molecule has 96 valence electrons. The minimum atomic E-state index is 0.624. The number of pyridine rings is 2. The van der Waals surface area contributed by atoms with Crippen molar-refractivity contribution in [2.45, 2.75) is 0 Å². The molecule has 0 saturated carbocycles. The van der Waals surface area contributed by atoms with Crippen molar-refractivity contribution in [2.24, 2.45) is 0 Å². The summed E-state index contributed by atoms with van der Waals surface area (Å²) in [5.74, 6) is 0. The molecule has 0 aliphatic heterocycles. The summed E-state index contributed by atoms with van der Waals surface area (Å²) < 4.78 is 0. The third-order valence-corrected chi connectivity index (χ3v) is 3.58. The lowest BCUT2D eigenvalue weighted by Gasteiger charge is -2.02. The molecule has 0 saturated heterocycles. The average molecular weight is 280 g/mol. The van der Waals surface area contributed by atoms with E-state index in [1.165, 1.54) is 0 Å². The van der Waals surface area contributed by atoms with Gasteiger partial charge in [0.25, 0.3) is 0 Å². The van der Waals surface area contributed by atoms with Gasteiger partial charge in [-0.25, -0.2) is 9.97 Å². The van der Waals surface area contributed by atoms with Crippen LogP contribution in [-0.2, 0) is 0 Å².